The Morgan fingerprint density at radius 1 is 1.11 bits per heavy atom. The number of aryl methyl sites for hydroxylation is 1. The third-order valence-corrected chi connectivity index (χ3v) is 3.09. The summed E-state index contributed by atoms with van der Waals surface area (Å²) in [5, 5.41) is 3.50. The molecular formula is C17H21NO. The average Bonchev–Trinajstić information content (AvgIpc) is 2.41. The minimum absolute atomic E-state index is 0.290. The van der Waals surface area contributed by atoms with Gasteiger partial charge < -0.3 is 10.1 Å². The molecule has 1 N–H and O–H groups in total. The predicted octanol–water partition coefficient (Wildman–Crippen LogP) is 4.57. The van der Waals surface area contributed by atoms with Gasteiger partial charge in [0, 0.05) is 11.7 Å². The van der Waals surface area contributed by atoms with Crippen LogP contribution in [0.5, 0.6) is 5.75 Å². The van der Waals surface area contributed by atoms with Crippen molar-refractivity contribution in [3.8, 4) is 5.75 Å². The SMILES string of the molecule is CCOc1ccc(NC(C)c2cccc(C)c2)cc1. The summed E-state index contributed by atoms with van der Waals surface area (Å²) in [6.07, 6.45) is 0. The van der Waals surface area contributed by atoms with Crippen molar-refractivity contribution in [2.75, 3.05) is 11.9 Å². The maximum Gasteiger partial charge on any atom is 0.119 e. The fourth-order valence-corrected chi connectivity index (χ4v) is 2.09. The van der Waals surface area contributed by atoms with E-state index >= 15 is 0 Å². The van der Waals surface area contributed by atoms with Crippen LogP contribution in [0.25, 0.3) is 0 Å². The van der Waals surface area contributed by atoms with Crippen LogP contribution in [0.15, 0.2) is 48.5 Å². The van der Waals surface area contributed by atoms with Gasteiger partial charge in [-0.2, -0.15) is 0 Å². The Morgan fingerprint density at radius 3 is 2.47 bits per heavy atom. The number of ether oxygens (including phenoxy) is 1. The van der Waals surface area contributed by atoms with Gasteiger partial charge in [0.25, 0.3) is 0 Å². The zero-order chi connectivity index (χ0) is 13.7. The molecule has 1 atom stereocenters. The van der Waals surface area contributed by atoms with Gasteiger partial charge in [0.2, 0.25) is 0 Å². The molecular weight excluding hydrogens is 234 g/mol. The summed E-state index contributed by atoms with van der Waals surface area (Å²) in [6, 6.07) is 17.0. The highest BCUT2D eigenvalue weighted by atomic mass is 16.5. The van der Waals surface area contributed by atoms with Crippen molar-refractivity contribution in [3.05, 3.63) is 59.7 Å². The largest absolute Gasteiger partial charge is 0.494 e. The summed E-state index contributed by atoms with van der Waals surface area (Å²) < 4.78 is 5.44. The Morgan fingerprint density at radius 2 is 1.84 bits per heavy atom. The summed E-state index contributed by atoms with van der Waals surface area (Å²) in [4.78, 5) is 0. The predicted molar refractivity (Wildman–Crippen MR) is 80.8 cm³/mol. The Labute approximate surface area is 115 Å². The van der Waals surface area contributed by atoms with Crippen LogP contribution in [0.4, 0.5) is 5.69 Å². The number of anilines is 1. The second-order valence-corrected chi connectivity index (χ2v) is 4.74. The highest BCUT2D eigenvalue weighted by molar-refractivity contribution is 5.48. The van der Waals surface area contributed by atoms with Gasteiger partial charge in [-0.25, -0.2) is 0 Å². The lowest BCUT2D eigenvalue weighted by Crippen LogP contribution is -2.06. The van der Waals surface area contributed by atoms with Crippen molar-refractivity contribution in [1.29, 1.82) is 0 Å². The summed E-state index contributed by atoms with van der Waals surface area (Å²) in [6.45, 7) is 6.98. The second-order valence-electron chi connectivity index (χ2n) is 4.74. The van der Waals surface area contributed by atoms with Crippen LogP contribution in [0.3, 0.4) is 0 Å². The van der Waals surface area contributed by atoms with E-state index in [-0.39, 0.29) is 6.04 Å². The molecule has 0 aliphatic rings. The minimum atomic E-state index is 0.290. The van der Waals surface area contributed by atoms with Gasteiger partial charge in [0.05, 0.1) is 6.61 Å². The van der Waals surface area contributed by atoms with Crippen LogP contribution in [0, 0.1) is 6.92 Å². The molecule has 0 bridgehead atoms. The molecule has 2 aromatic rings. The highest BCUT2D eigenvalue weighted by Crippen LogP contribution is 2.22. The van der Waals surface area contributed by atoms with Crippen LogP contribution in [0.1, 0.15) is 31.0 Å². The number of hydrogen-bond donors (Lipinski definition) is 1. The molecule has 0 heterocycles. The standard InChI is InChI=1S/C17H21NO/c1-4-19-17-10-8-16(9-11-17)18-14(3)15-7-5-6-13(2)12-15/h5-12,14,18H,4H2,1-3H3. The molecule has 19 heavy (non-hydrogen) atoms. The molecule has 2 rings (SSSR count). The summed E-state index contributed by atoms with van der Waals surface area (Å²) in [5.41, 5.74) is 3.70. The van der Waals surface area contributed by atoms with E-state index in [0.29, 0.717) is 6.61 Å². The van der Waals surface area contributed by atoms with Crippen LogP contribution in [-0.2, 0) is 0 Å². The normalized spacial score (nSPS) is 11.9. The molecule has 0 aromatic heterocycles. The maximum absolute atomic E-state index is 5.44. The van der Waals surface area contributed by atoms with Crippen LogP contribution < -0.4 is 10.1 Å². The summed E-state index contributed by atoms with van der Waals surface area (Å²) in [7, 11) is 0. The Kier molecular flexibility index (Phi) is 4.45. The minimum Gasteiger partial charge on any atom is -0.494 e. The average molecular weight is 255 g/mol. The van der Waals surface area contributed by atoms with Gasteiger partial charge in [-0.15, -0.1) is 0 Å². The monoisotopic (exact) mass is 255 g/mol. The molecule has 1 unspecified atom stereocenters. The van der Waals surface area contributed by atoms with Crippen LogP contribution in [0.2, 0.25) is 0 Å². The third kappa shape index (κ3) is 3.75. The molecule has 100 valence electrons. The molecule has 0 saturated heterocycles. The third-order valence-electron chi connectivity index (χ3n) is 3.09. The Bertz CT molecular complexity index is 519. The van der Waals surface area contributed by atoms with Crippen molar-refractivity contribution >= 4 is 5.69 Å². The Balaban J connectivity index is 2.04. The van der Waals surface area contributed by atoms with Crippen LogP contribution in [-0.4, -0.2) is 6.61 Å². The highest BCUT2D eigenvalue weighted by Gasteiger charge is 2.05. The fraction of sp³-hybridized carbons (Fsp3) is 0.294. The summed E-state index contributed by atoms with van der Waals surface area (Å²) >= 11 is 0. The molecule has 2 nitrogen and oxygen atoms in total. The quantitative estimate of drug-likeness (QED) is 0.845. The molecule has 2 heteroatoms. The molecule has 2 aromatic carbocycles. The lowest BCUT2D eigenvalue weighted by Gasteiger charge is -2.16. The first-order valence-electron chi connectivity index (χ1n) is 6.75. The van der Waals surface area contributed by atoms with Gasteiger partial charge in [-0.1, -0.05) is 29.8 Å². The number of nitrogens with one attached hydrogen (secondary N) is 1. The molecule has 0 radical (unpaired) electrons. The molecule has 0 fully saturated rings. The molecule has 0 amide bonds. The van der Waals surface area contributed by atoms with Crippen molar-refractivity contribution in [1.82, 2.24) is 0 Å². The van der Waals surface area contributed by atoms with Gasteiger partial charge >= 0.3 is 0 Å². The molecule has 0 aliphatic carbocycles. The van der Waals surface area contributed by atoms with Crippen molar-refractivity contribution < 1.29 is 4.74 Å². The lowest BCUT2D eigenvalue weighted by atomic mass is 10.1. The molecule has 0 saturated carbocycles. The Hall–Kier alpha value is -1.96. The van der Waals surface area contributed by atoms with E-state index in [1.54, 1.807) is 0 Å². The van der Waals surface area contributed by atoms with E-state index in [1.165, 1.54) is 11.1 Å². The smallest absolute Gasteiger partial charge is 0.119 e. The van der Waals surface area contributed by atoms with Gasteiger partial charge in [0.15, 0.2) is 0 Å². The fourth-order valence-electron chi connectivity index (χ4n) is 2.09. The van der Waals surface area contributed by atoms with Crippen LogP contribution >= 0.6 is 0 Å². The zero-order valence-electron chi connectivity index (χ0n) is 11.8. The topological polar surface area (TPSA) is 21.3 Å². The number of hydrogen-bond acceptors (Lipinski definition) is 2. The van der Waals surface area contributed by atoms with Crippen molar-refractivity contribution in [3.63, 3.8) is 0 Å². The van der Waals surface area contributed by atoms with Gasteiger partial charge in [0.1, 0.15) is 5.75 Å². The molecule has 0 spiro atoms. The first kappa shape index (κ1) is 13.5. The first-order valence-corrected chi connectivity index (χ1v) is 6.75. The van der Waals surface area contributed by atoms with E-state index in [0.717, 1.165) is 11.4 Å². The van der Waals surface area contributed by atoms with E-state index in [2.05, 4.69) is 55.6 Å². The zero-order valence-corrected chi connectivity index (χ0v) is 11.8. The van der Waals surface area contributed by atoms with E-state index < -0.39 is 0 Å². The number of benzene rings is 2. The van der Waals surface area contributed by atoms with Crippen molar-refractivity contribution in [2.45, 2.75) is 26.8 Å². The van der Waals surface area contributed by atoms with Crippen molar-refractivity contribution in [2.24, 2.45) is 0 Å². The molecule has 0 aliphatic heterocycles. The lowest BCUT2D eigenvalue weighted by molar-refractivity contribution is 0.340. The summed E-state index contributed by atoms with van der Waals surface area (Å²) in [5.74, 6) is 0.913. The second kappa shape index (κ2) is 6.28. The first-order chi connectivity index (χ1) is 9.19. The van der Waals surface area contributed by atoms with E-state index in [1.807, 2.05) is 19.1 Å². The van der Waals surface area contributed by atoms with E-state index in [9.17, 15) is 0 Å². The van der Waals surface area contributed by atoms with Gasteiger partial charge in [-0.3, -0.25) is 0 Å². The van der Waals surface area contributed by atoms with E-state index in [4.69, 9.17) is 4.74 Å². The number of rotatable bonds is 5. The maximum atomic E-state index is 5.44. The van der Waals surface area contributed by atoms with Gasteiger partial charge in [-0.05, 0) is 50.6 Å².